The van der Waals surface area contributed by atoms with Crippen LogP contribution in [0.15, 0.2) is 42.5 Å². The first-order valence-corrected chi connectivity index (χ1v) is 6.59. The molecule has 0 aliphatic carbocycles. The summed E-state index contributed by atoms with van der Waals surface area (Å²) in [6.07, 6.45) is 0. The predicted molar refractivity (Wildman–Crippen MR) is 81.5 cm³/mol. The maximum absolute atomic E-state index is 13.2. The smallest absolute Gasteiger partial charge is 0.243 e. The normalized spacial score (nSPS) is 10.0. The maximum atomic E-state index is 13.2. The number of anilines is 2. The van der Waals surface area contributed by atoms with Gasteiger partial charge in [-0.3, -0.25) is 4.79 Å². The molecule has 4 nitrogen and oxygen atoms in total. The van der Waals surface area contributed by atoms with Gasteiger partial charge in [-0.25, -0.2) is 4.39 Å². The number of hydrogen-bond donors (Lipinski definition) is 2. The van der Waals surface area contributed by atoms with Crippen LogP contribution in [0.1, 0.15) is 0 Å². The number of nitrogens with one attached hydrogen (secondary N) is 2. The lowest BCUT2D eigenvalue weighted by Crippen LogP contribution is -2.22. The monoisotopic (exact) mass is 308 g/mol. The van der Waals surface area contributed by atoms with Crippen LogP contribution in [-0.4, -0.2) is 19.6 Å². The SMILES string of the molecule is COc1ccccc1NC(=O)CNc1cc(F)cc(Cl)c1. The Morgan fingerprint density at radius 1 is 1.29 bits per heavy atom. The third-order valence-corrected chi connectivity index (χ3v) is 2.91. The van der Waals surface area contributed by atoms with Crippen molar-refractivity contribution in [1.82, 2.24) is 0 Å². The van der Waals surface area contributed by atoms with Gasteiger partial charge in [-0.15, -0.1) is 0 Å². The Morgan fingerprint density at radius 3 is 2.76 bits per heavy atom. The van der Waals surface area contributed by atoms with Crippen LogP contribution in [0.4, 0.5) is 15.8 Å². The minimum Gasteiger partial charge on any atom is -0.495 e. The Hall–Kier alpha value is -2.27. The lowest BCUT2D eigenvalue weighted by Gasteiger charge is -2.11. The quantitative estimate of drug-likeness (QED) is 0.888. The molecule has 0 aliphatic heterocycles. The van der Waals surface area contributed by atoms with Gasteiger partial charge in [-0.1, -0.05) is 23.7 Å². The van der Waals surface area contributed by atoms with Crippen molar-refractivity contribution in [3.8, 4) is 5.75 Å². The summed E-state index contributed by atoms with van der Waals surface area (Å²) in [6.45, 7) is -0.0160. The molecule has 110 valence electrons. The van der Waals surface area contributed by atoms with Gasteiger partial charge in [0.25, 0.3) is 0 Å². The first-order chi connectivity index (χ1) is 10.1. The predicted octanol–water partition coefficient (Wildman–Crippen LogP) is 3.54. The van der Waals surface area contributed by atoms with E-state index in [1.54, 1.807) is 24.3 Å². The van der Waals surface area contributed by atoms with Gasteiger partial charge < -0.3 is 15.4 Å². The Bertz CT molecular complexity index is 629. The summed E-state index contributed by atoms with van der Waals surface area (Å²) in [5.41, 5.74) is 1.01. The van der Waals surface area contributed by atoms with Crippen LogP contribution in [0.2, 0.25) is 5.02 Å². The lowest BCUT2D eigenvalue weighted by molar-refractivity contribution is -0.114. The fraction of sp³-hybridized carbons (Fsp3) is 0.133. The van der Waals surface area contributed by atoms with Gasteiger partial charge >= 0.3 is 0 Å². The van der Waals surface area contributed by atoms with Crippen molar-refractivity contribution in [3.63, 3.8) is 0 Å². The molecule has 0 radical (unpaired) electrons. The molecule has 0 saturated heterocycles. The van der Waals surface area contributed by atoms with Crippen molar-refractivity contribution in [3.05, 3.63) is 53.3 Å². The molecular formula is C15H14ClFN2O2. The van der Waals surface area contributed by atoms with Crippen LogP contribution in [0.25, 0.3) is 0 Å². The molecule has 2 rings (SSSR count). The van der Waals surface area contributed by atoms with E-state index in [2.05, 4.69) is 10.6 Å². The molecule has 2 aromatic rings. The second-order valence-electron chi connectivity index (χ2n) is 4.26. The zero-order valence-electron chi connectivity index (χ0n) is 11.3. The summed E-state index contributed by atoms with van der Waals surface area (Å²) in [5, 5.41) is 5.78. The van der Waals surface area contributed by atoms with E-state index in [-0.39, 0.29) is 17.5 Å². The second kappa shape index (κ2) is 6.95. The number of carbonyl (C=O) groups is 1. The zero-order chi connectivity index (χ0) is 15.2. The summed E-state index contributed by atoms with van der Waals surface area (Å²) in [5.74, 6) is -0.172. The summed E-state index contributed by atoms with van der Waals surface area (Å²) < 4.78 is 18.3. The molecule has 0 spiro atoms. The van der Waals surface area contributed by atoms with Crippen molar-refractivity contribution >= 4 is 28.9 Å². The van der Waals surface area contributed by atoms with Crippen LogP contribution in [0.3, 0.4) is 0 Å². The minimum atomic E-state index is -0.463. The number of halogens is 2. The van der Waals surface area contributed by atoms with Crippen LogP contribution < -0.4 is 15.4 Å². The highest BCUT2D eigenvalue weighted by atomic mass is 35.5. The van der Waals surface area contributed by atoms with Gasteiger partial charge in [0.1, 0.15) is 11.6 Å². The van der Waals surface area contributed by atoms with Crippen molar-refractivity contribution in [2.75, 3.05) is 24.3 Å². The number of carbonyl (C=O) groups excluding carboxylic acids is 1. The average Bonchev–Trinajstić information content (AvgIpc) is 2.45. The van der Waals surface area contributed by atoms with Crippen molar-refractivity contribution < 1.29 is 13.9 Å². The molecule has 0 heterocycles. The summed E-state index contributed by atoms with van der Waals surface area (Å²) in [4.78, 5) is 11.9. The van der Waals surface area contributed by atoms with Gasteiger partial charge in [0, 0.05) is 10.7 Å². The molecular weight excluding hydrogens is 295 g/mol. The standard InChI is InChI=1S/C15H14ClFN2O2/c1-21-14-5-3-2-4-13(14)19-15(20)9-18-12-7-10(16)6-11(17)8-12/h2-8,18H,9H2,1H3,(H,19,20). The molecule has 0 bridgehead atoms. The highest BCUT2D eigenvalue weighted by Crippen LogP contribution is 2.23. The summed E-state index contributed by atoms with van der Waals surface area (Å²) in [6, 6.07) is 11.1. The molecule has 6 heteroatoms. The van der Waals surface area contributed by atoms with Crippen LogP contribution >= 0.6 is 11.6 Å². The molecule has 0 fully saturated rings. The lowest BCUT2D eigenvalue weighted by atomic mass is 10.3. The molecule has 0 aliphatic rings. The highest BCUT2D eigenvalue weighted by Gasteiger charge is 2.07. The topological polar surface area (TPSA) is 50.4 Å². The van der Waals surface area contributed by atoms with E-state index in [9.17, 15) is 9.18 Å². The molecule has 2 aromatic carbocycles. The molecule has 0 saturated carbocycles. The Labute approximate surface area is 126 Å². The molecule has 0 atom stereocenters. The van der Waals surface area contributed by atoms with Crippen molar-refractivity contribution in [2.24, 2.45) is 0 Å². The fourth-order valence-corrected chi connectivity index (χ4v) is 2.00. The number of benzene rings is 2. The van der Waals surface area contributed by atoms with E-state index in [0.717, 1.165) is 0 Å². The Morgan fingerprint density at radius 2 is 2.05 bits per heavy atom. The fourth-order valence-electron chi connectivity index (χ4n) is 1.78. The average molecular weight is 309 g/mol. The van der Waals surface area contributed by atoms with Gasteiger partial charge in [0.05, 0.1) is 19.3 Å². The maximum Gasteiger partial charge on any atom is 0.243 e. The summed E-state index contributed by atoms with van der Waals surface area (Å²) in [7, 11) is 1.53. The van der Waals surface area contributed by atoms with E-state index < -0.39 is 5.82 Å². The van der Waals surface area contributed by atoms with Gasteiger partial charge in [-0.05, 0) is 30.3 Å². The Balaban J connectivity index is 1.96. The molecule has 0 aromatic heterocycles. The number of rotatable bonds is 5. The van der Waals surface area contributed by atoms with E-state index in [4.69, 9.17) is 16.3 Å². The number of hydrogen-bond acceptors (Lipinski definition) is 3. The number of methoxy groups -OCH3 is 1. The third kappa shape index (κ3) is 4.36. The van der Waals surface area contributed by atoms with E-state index >= 15 is 0 Å². The molecule has 2 N–H and O–H groups in total. The van der Waals surface area contributed by atoms with E-state index in [0.29, 0.717) is 17.1 Å². The third-order valence-electron chi connectivity index (χ3n) is 2.70. The van der Waals surface area contributed by atoms with Crippen molar-refractivity contribution in [2.45, 2.75) is 0 Å². The van der Waals surface area contributed by atoms with E-state index in [1.165, 1.54) is 19.2 Å². The number of amides is 1. The largest absolute Gasteiger partial charge is 0.495 e. The first-order valence-electron chi connectivity index (χ1n) is 6.21. The number of para-hydroxylation sites is 2. The zero-order valence-corrected chi connectivity index (χ0v) is 12.1. The highest BCUT2D eigenvalue weighted by molar-refractivity contribution is 6.30. The van der Waals surface area contributed by atoms with Crippen molar-refractivity contribution in [1.29, 1.82) is 0 Å². The molecule has 1 amide bonds. The first kappa shape index (κ1) is 15.1. The van der Waals surface area contributed by atoms with Gasteiger partial charge in [0.2, 0.25) is 5.91 Å². The summed E-state index contributed by atoms with van der Waals surface area (Å²) >= 11 is 5.74. The molecule has 0 unspecified atom stereocenters. The second-order valence-corrected chi connectivity index (χ2v) is 4.70. The van der Waals surface area contributed by atoms with Crippen LogP contribution in [0.5, 0.6) is 5.75 Å². The van der Waals surface area contributed by atoms with E-state index in [1.807, 2.05) is 6.07 Å². The Kier molecular flexibility index (Phi) is 5.00. The minimum absolute atomic E-state index is 0.0160. The van der Waals surface area contributed by atoms with Crippen LogP contribution in [-0.2, 0) is 4.79 Å². The van der Waals surface area contributed by atoms with Crippen LogP contribution in [0, 0.1) is 5.82 Å². The van der Waals surface area contributed by atoms with Gasteiger partial charge in [0.15, 0.2) is 0 Å². The molecule has 21 heavy (non-hydrogen) atoms. The van der Waals surface area contributed by atoms with Gasteiger partial charge in [-0.2, -0.15) is 0 Å². The number of ether oxygens (including phenoxy) is 1.